The molecule has 27 heavy (non-hydrogen) atoms. The molecule has 1 unspecified atom stereocenters. The zero-order valence-corrected chi connectivity index (χ0v) is 17.2. The number of piperidine rings is 1. The largest absolute Gasteiger partial charge is 0.263 e. The Kier molecular flexibility index (Phi) is 5.65. The highest BCUT2D eigenvalue weighted by atomic mass is 32.2. The summed E-state index contributed by atoms with van der Waals surface area (Å²) in [4.78, 5) is 0.0272. The van der Waals surface area contributed by atoms with Gasteiger partial charge in [0, 0.05) is 17.5 Å². The molecule has 0 bridgehead atoms. The number of alkyl halides is 2. The molecule has 1 aromatic carbocycles. The Labute approximate surface area is 162 Å². The van der Waals surface area contributed by atoms with Crippen LogP contribution in [0.15, 0.2) is 29.2 Å². The van der Waals surface area contributed by atoms with Crippen molar-refractivity contribution in [2.24, 2.45) is 0 Å². The van der Waals surface area contributed by atoms with Gasteiger partial charge in [0.15, 0.2) is 0 Å². The van der Waals surface area contributed by atoms with Gasteiger partial charge < -0.3 is 0 Å². The van der Waals surface area contributed by atoms with Gasteiger partial charge in [-0.25, -0.2) is 17.2 Å². The van der Waals surface area contributed by atoms with Crippen LogP contribution in [-0.4, -0.2) is 29.5 Å². The molecule has 0 spiro atoms. The van der Waals surface area contributed by atoms with Gasteiger partial charge in [0.25, 0.3) is 6.43 Å². The highest BCUT2D eigenvalue weighted by molar-refractivity contribution is 7.89. The van der Waals surface area contributed by atoms with Crippen LogP contribution in [-0.2, 0) is 15.4 Å². The lowest BCUT2D eigenvalue weighted by atomic mass is 9.98. The Morgan fingerprint density at radius 3 is 2.37 bits per heavy atom. The average molecular weight is 416 g/mol. The zero-order valence-electron chi connectivity index (χ0n) is 15.5. The Morgan fingerprint density at radius 1 is 1.15 bits per heavy atom. The Balaban J connectivity index is 1.93. The summed E-state index contributed by atoms with van der Waals surface area (Å²) in [5.41, 5.74) is -0.345. The molecule has 1 aromatic heterocycles. The van der Waals surface area contributed by atoms with Crippen LogP contribution in [0.5, 0.6) is 0 Å². The fourth-order valence-electron chi connectivity index (χ4n) is 3.03. The van der Waals surface area contributed by atoms with Crippen LogP contribution < -0.4 is 0 Å². The monoisotopic (exact) mass is 415 g/mol. The molecule has 2 heterocycles. The molecule has 1 fully saturated rings. The van der Waals surface area contributed by atoms with E-state index in [4.69, 9.17) is 0 Å². The van der Waals surface area contributed by atoms with Crippen LogP contribution in [0.2, 0.25) is 0 Å². The van der Waals surface area contributed by atoms with E-state index in [0.717, 1.165) is 17.8 Å². The molecule has 3 rings (SSSR count). The highest BCUT2D eigenvalue weighted by Crippen LogP contribution is 2.38. The number of rotatable bonds is 4. The summed E-state index contributed by atoms with van der Waals surface area (Å²) in [5.74, 6) is 0. The van der Waals surface area contributed by atoms with Gasteiger partial charge in [0.1, 0.15) is 10.0 Å². The summed E-state index contributed by atoms with van der Waals surface area (Å²) in [6, 6.07) is 4.47. The van der Waals surface area contributed by atoms with Crippen LogP contribution in [0.1, 0.15) is 68.1 Å². The van der Waals surface area contributed by atoms with E-state index in [9.17, 15) is 17.2 Å². The Hall–Kier alpha value is -1.45. The molecule has 0 radical (unpaired) electrons. The van der Waals surface area contributed by atoms with Crippen molar-refractivity contribution in [1.82, 2.24) is 14.5 Å². The van der Waals surface area contributed by atoms with Gasteiger partial charge in [-0.3, -0.25) is 0 Å². The van der Waals surface area contributed by atoms with E-state index in [1.54, 1.807) is 0 Å². The molecule has 1 atom stereocenters. The number of hydrogen-bond acceptors (Lipinski definition) is 5. The van der Waals surface area contributed by atoms with Gasteiger partial charge in [-0.05, 0) is 25.0 Å². The maximum atomic E-state index is 13.2. The summed E-state index contributed by atoms with van der Waals surface area (Å²) < 4.78 is 53.3. The smallest absolute Gasteiger partial charge is 0.207 e. The van der Waals surface area contributed by atoms with Gasteiger partial charge in [0.05, 0.1) is 10.9 Å². The van der Waals surface area contributed by atoms with E-state index in [1.807, 2.05) is 20.8 Å². The number of nitrogens with zero attached hydrogens (tertiary/aromatic N) is 3. The molecular weight excluding hydrogens is 392 g/mol. The van der Waals surface area contributed by atoms with Crippen LogP contribution >= 0.6 is 11.3 Å². The van der Waals surface area contributed by atoms with E-state index in [1.165, 1.54) is 39.9 Å². The third-order valence-corrected chi connectivity index (χ3v) is 7.93. The third-order valence-electron chi connectivity index (χ3n) is 4.56. The molecule has 0 saturated carbocycles. The Morgan fingerprint density at radius 2 is 1.81 bits per heavy atom. The van der Waals surface area contributed by atoms with Gasteiger partial charge in [0.2, 0.25) is 10.0 Å². The first kappa shape index (κ1) is 20.3. The molecule has 0 N–H and O–H groups in total. The standard InChI is InChI=1S/C18H23F2N3O2S2/c1-18(2,3)17-22-21-16(26-17)14-6-4-5-11-23(14)27(24,25)13-9-7-12(8-10-13)15(19)20/h7-10,14-15H,4-6,11H2,1-3H3. The number of hydrogen-bond donors (Lipinski definition) is 0. The second kappa shape index (κ2) is 7.52. The fourth-order valence-corrected chi connectivity index (χ4v) is 5.81. The molecule has 5 nitrogen and oxygen atoms in total. The lowest BCUT2D eigenvalue weighted by Gasteiger charge is -2.33. The predicted octanol–water partition coefficient (Wildman–Crippen LogP) is 4.69. The van der Waals surface area contributed by atoms with Gasteiger partial charge >= 0.3 is 0 Å². The number of benzene rings is 1. The van der Waals surface area contributed by atoms with Crippen molar-refractivity contribution in [1.29, 1.82) is 0 Å². The Bertz CT molecular complexity index is 890. The molecule has 1 aliphatic rings. The SMILES string of the molecule is CC(C)(C)c1nnc(C2CCCCN2S(=O)(=O)c2ccc(C(F)F)cc2)s1. The molecule has 1 aliphatic heterocycles. The van der Waals surface area contributed by atoms with Crippen molar-refractivity contribution in [2.75, 3.05) is 6.54 Å². The summed E-state index contributed by atoms with van der Waals surface area (Å²) in [7, 11) is -3.80. The van der Waals surface area contributed by atoms with Gasteiger partial charge in [-0.2, -0.15) is 4.31 Å². The number of aromatic nitrogens is 2. The zero-order chi connectivity index (χ0) is 19.8. The first-order valence-electron chi connectivity index (χ1n) is 8.84. The molecule has 9 heteroatoms. The number of halogens is 2. The van der Waals surface area contributed by atoms with E-state index in [2.05, 4.69) is 10.2 Å². The summed E-state index contributed by atoms with van der Waals surface area (Å²) in [5, 5.41) is 10.1. The fraction of sp³-hybridized carbons (Fsp3) is 0.556. The minimum absolute atomic E-state index is 0.0272. The van der Waals surface area contributed by atoms with Gasteiger partial charge in [-0.15, -0.1) is 10.2 Å². The maximum absolute atomic E-state index is 13.2. The second-order valence-electron chi connectivity index (χ2n) is 7.69. The van der Waals surface area contributed by atoms with Crippen LogP contribution in [0.3, 0.4) is 0 Å². The first-order chi connectivity index (χ1) is 12.6. The summed E-state index contributed by atoms with van der Waals surface area (Å²) in [6.45, 7) is 6.50. The molecule has 148 valence electrons. The topological polar surface area (TPSA) is 63.2 Å². The van der Waals surface area contributed by atoms with Crippen molar-refractivity contribution in [3.05, 3.63) is 39.8 Å². The van der Waals surface area contributed by atoms with Crippen LogP contribution in [0.4, 0.5) is 8.78 Å². The average Bonchev–Trinajstić information content (AvgIpc) is 3.12. The van der Waals surface area contributed by atoms with Crippen molar-refractivity contribution in [2.45, 2.75) is 62.8 Å². The summed E-state index contributed by atoms with van der Waals surface area (Å²) in [6.07, 6.45) is -0.282. The molecular formula is C18H23F2N3O2S2. The summed E-state index contributed by atoms with van der Waals surface area (Å²) >= 11 is 1.44. The van der Waals surface area contributed by atoms with Crippen molar-refractivity contribution < 1.29 is 17.2 Å². The molecule has 1 saturated heterocycles. The predicted molar refractivity (Wildman–Crippen MR) is 100 cm³/mol. The third kappa shape index (κ3) is 4.20. The van der Waals surface area contributed by atoms with Crippen molar-refractivity contribution in [3.63, 3.8) is 0 Å². The van der Waals surface area contributed by atoms with Crippen LogP contribution in [0.25, 0.3) is 0 Å². The highest BCUT2D eigenvalue weighted by Gasteiger charge is 2.37. The quantitative estimate of drug-likeness (QED) is 0.727. The minimum atomic E-state index is -3.80. The maximum Gasteiger partial charge on any atom is 0.263 e. The first-order valence-corrected chi connectivity index (χ1v) is 11.1. The minimum Gasteiger partial charge on any atom is -0.207 e. The van der Waals surface area contributed by atoms with Crippen molar-refractivity contribution >= 4 is 21.4 Å². The van der Waals surface area contributed by atoms with E-state index >= 15 is 0 Å². The molecule has 0 aliphatic carbocycles. The van der Waals surface area contributed by atoms with Crippen LogP contribution in [0, 0.1) is 0 Å². The van der Waals surface area contributed by atoms with E-state index in [-0.39, 0.29) is 21.9 Å². The number of sulfonamides is 1. The van der Waals surface area contributed by atoms with Gasteiger partial charge in [-0.1, -0.05) is 50.7 Å². The lowest BCUT2D eigenvalue weighted by Crippen LogP contribution is -2.38. The normalized spacial score (nSPS) is 19.6. The van der Waals surface area contributed by atoms with E-state index in [0.29, 0.717) is 18.0 Å². The van der Waals surface area contributed by atoms with E-state index < -0.39 is 16.4 Å². The molecule has 0 amide bonds. The second-order valence-corrected chi connectivity index (χ2v) is 10.6. The molecule has 2 aromatic rings. The lowest BCUT2D eigenvalue weighted by molar-refractivity contribution is 0.151. The van der Waals surface area contributed by atoms with Crippen molar-refractivity contribution in [3.8, 4) is 0 Å².